The van der Waals surface area contributed by atoms with Gasteiger partial charge in [-0.15, -0.1) is 0 Å². The molecule has 1 aromatic heterocycles. The SMILES string of the molecule is O=C(c1cnn(-c2ccccc2)c1)N1CCC(C(=O)N2CCCCCC2)CC1. The fourth-order valence-corrected chi connectivity index (χ4v) is 4.22. The number of hydrogen-bond donors (Lipinski definition) is 0. The molecule has 28 heavy (non-hydrogen) atoms. The molecule has 0 radical (unpaired) electrons. The van der Waals surface area contributed by atoms with Crippen molar-refractivity contribution < 1.29 is 9.59 Å². The van der Waals surface area contributed by atoms with Gasteiger partial charge in [-0.05, 0) is 37.8 Å². The van der Waals surface area contributed by atoms with E-state index >= 15 is 0 Å². The molecular formula is C22H28N4O2. The van der Waals surface area contributed by atoms with E-state index in [4.69, 9.17) is 0 Å². The molecule has 1 aromatic carbocycles. The first-order valence-corrected chi connectivity index (χ1v) is 10.4. The summed E-state index contributed by atoms with van der Waals surface area (Å²) < 4.78 is 1.73. The van der Waals surface area contributed by atoms with Gasteiger partial charge in [0.05, 0.1) is 17.4 Å². The minimum atomic E-state index is 0.00264. The van der Waals surface area contributed by atoms with Gasteiger partial charge in [0.1, 0.15) is 0 Å². The molecule has 2 aliphatic rings. The van der Waals surface area contributed by atoms with Crippen molar-refractivity contribution in [1.29, 1.82) is 0 Å². The highest BCUT2D eigenvalue weighted by atomic mass is 16.2. The number of benzene rings is 1. The van der Waals surface area contributed by atoms with Crippen LogP contribution in [0.3, 0.4) is 0 Å². The van der Waals surface area contributed by atoms with Gasteiger partial charge >= 0.3 is 0 Å². The number of rotatable bonds is 3. The first-order valence-electron chi connectivity index (χ1n) is 10.4. The lowest BCUT2D eigenvalue weighted by Gasteiger charge is -2.33. The summed E-state index contributed by atoms with van der Waals surface area (Å²) in [5.74, 6) is 0.364. The van der Waals surface area contributed by atoms with E-state index in [2.05, 4.69) is 10.00 Å². The Labute approximate surface area is 166 Å². The Morgan fingerprint density at radius 1 is 0.857 bits per heavy atom. The third kappa shape index (κ3) is 4.11. The zero-order valence-corrected chi connectivity index (χ0v) is 16.3. The number of likely N-dealkylation sites (tertiary alicyclic amines) is 2. The number of piperidine rings is 1. The lowest BCUT2D eigenvalue weighted by atomic mass is 9.94. The van der Waals surface area contributed by atoms with Gasteiger partial charge in [-0.2, -0.15) is 5.10 Å². The zero-order chi connectivity index (χ0) is 19.3. The normalized spacial score (nSPS) is 18.7. The molecule has 2 fully saturated rings. The van der Waals surface area contributed by atoms with E-state index < -0.39 is 0 Å². The van der Waals surface area contributed by atoms with E-state index in [0.717, 1.165) is 44.5 Å². The highest BCUT2D eigenvalue weighted by Gasteiger charge is 2.31. The standard InChI is InChI=1S/C22H28N4O2/c27-21(24-12-6-1-2-7-13-24)18-10-14-25(15-11-18)22(28)19-16-23-26(17-19)20-8-4-3-5-9-20/h3-5,8-9,16-18H,1-2,6-7,10-15H2. The monoisotopic (exact) mass is 380 g/mol. The molecule has 3 heterocycles. The third-order valence-corrected chi connectivity index (χ3v) is 5.90. The molecular weight excluding hydrogens is 352 g/mol. The van der Waals surface area contributed by atoms with Gasteiger partial charge in [0.2, 0.25) is 5.91 Å². The second-order valence-electron chi connectivity index (χ2n) is 7.82. The molecule has 2 amide bonds. The van der Waals surface area contributed by atoms with Crippen LogP contribution in [0.2, 0.25) is 0 Å². The molecule has 0 aliphatic carbocycles. The lowest BCUT2D eigenvalue weighted by molar-refractivity contribution is -0.136. The van der Waals surface area contributed by atoms with Gasteiger partial charge in [-0.3, -0.25) is 9.59 Å². The molecule has 2 saturated heterocycles. The van der Waals surface area contributed by atoms with Gasteiger partial charge in [0, 0.05) is 38.3 Å². The number of carbonyl (C=O) groups is 2. The van der Waals surface area contributed by atoms with E-state index in [1.165, 1.54) is 12.8 Å². The average molecular weight is 380 g/mol. The van der Waals surface area contributed by atoms with E-state index in [-0.39, 0.29) is 11.8 Å². The van der Waals surface area contributed by atoms with Crippen molar-refractivity contribution in [3.8, 4) is 5.69 Å². The van der Waals surface area contributed by atoms with Crippen molar-refractivity contribution in [1.82, 2.24) is 19.6 Å². The largest absolute Gasteiger partial charge is 0.342 e. The maximum Gasteiger partial charge on any atom is 0.257 e. The average Bonchev–Trinajstić information content (AvgIpc) is 3.09. The highest BCUT2D eigenvalue weighted by Crippen LogP contribution is 2.23. The fraction of sp³-hybridized carbons (Fsp3) is 0.500. The molecule has 6 nitrogen and oxygen atoms in total. The molecule has 0 unspecified atom stereocenters. The van der Waals surface area contributed by atoms with Gasteiger partial charge in [0.25, 0.3) is 5.91 Å². The molecule has 2 aromatic rings. The second-order valence-corrected chi connectivity index (χ2v) is 7.82. The van der Waals surface area contributed by atoms with Crippen molar-refractivity contribution in [2.24, 2.45) is 5.92 Å². The van der Waals surface area contributed by atoms with Crippen LogP contribution in [0.4, 0.5) is 0 Å². The summed E-state index contributed by atoms with van der Waals surface area (Å²) in [7, 11) is 0. The molecule has 0 atom stereocenters. The van der Waals surface area contributed by atoms with Crippen LogP contribution < -0.4 is 0 Å². The number of amides is 2. The zero-order valence-electron chi connectivity index (χ0n) is 16.3. The quantitative estimate of drug-likeness (QED) is 0.822. The first kappa shape index (κ1) is 18.7. The van der Waals surface area contributed by atoms with Gasteiger partial charge in [0.15, 0.2) is 0 Å². The smallest absolute Gasteiger partial charge is 0.257 e. The molecule has 6 heteroatoms. The Balaban J connectivity index is 1.34. The maximum absolute atomic E-state index is 12.8. The van der Waals surface area contributed by atoms with Crippen LogP contribution in [0.5, 0.6) is 0 Å². The van der Waals surface area contributed by atoms with Crippen LogP contribution in [0.25, 0.3) is 5.69 Å². The van der Waals surface area contributed by atoms with Crippen LogP contribution in [0, 0.1) is 5.92 Å². The predicted molar refractivity (Wildman–Crippen MR) is 107 cm³/mol. The Kier molecular flexibility index (Phi) is 5.74. The number of hydrogen-bond acceptors (Lipinski definition) is 3. The number of carbonyl (C=O) groups excluding carboxylic acids is 2. The predicted octanol–water partition coefficient (Wildman–Crippen LogP) is 3.13. The van der Waals surface area contributed by atoms with E-state index in [0.29, 0.717) is 24.6 Å². The number of aromatic nitrogens is 2. The van der Waals surface area contributed by atoms with E-state index in [9.17, 15) is 9.59 Å². The number of para-hydroxylation sites is 1. The van der Waals surface area contributed by atoms with Crippen LogP contribution in [0.15, 0.2) is 42.7 Å². The molecule has 148 valence electrons. The van der Waals surface area contributed by atoms with Crippen molar-refractivity contribution >= 4 is 11.8 Å². The summed E-state index contributed by atoms with van der Waals surface area (Å²) in [4.78, 5) is 29.6. The summed E-state index contributed by atoms with van der Waals surface area (Å²) >= 11 is 0. The first-order chi connectivity index (χ1) is 13.7. The Hall–Kier alpha value is -2.63. The van der Waals surface area contributed by atoms with Crippen molar-refractivity contribution in [2.45, 2.75) is 38.5 Å². The molecule has 2 aliphatic heterocycles. The van der Waals surface area contributed by atoms with Gasteiger partial charge in [-0.1, -0.05) is 31.0 Å². The highest BCUT2D eigenvalue weighted by molar-refractivity contribution is 5.94. The molecule has 0 saturated carbocycles. The fourth-order valence-electron chi connectivity index (χ4n) is 4.22. The van der Waals surface area contributed by atoms with Crippen molar-refractivity contribution in [3.05, 3.63) is 48.3 Å². The Morgan fingerprint density at radius 3 is 2.21 bits per heavy atom. The minimum absolute atomic E-state index is 0.00264. The summed E-state index contributed by atoms with van der Waals surface area (Å²) in [5, 5.41) is 4.32. The van der Waals surface area contributed by atoms with Crippen LogP contribution in [-0.2, 0) is 4.79 Å². The van der Waals surface area contributed by atoms with E-state index in [1.807, 2.05) is 35.2 Å². The summed E-state index contributed by atoms with van der Waals surface area (Å²) in [6, 6.07) is 9.77. The van der Waals surface area contributed by atoms with Crippen LogP contribution in [-0.4, -0.2) is 57.6 Å². The molecule has 0 N–H and O–H groups in total. The van der Waals surface area contributed by atoms with Gasteiger partial charge in [-0.25, -0.2) is 4.68 Å². The lowest BCUT2D eigenvalue weighted by Crippen LogP contribution is -2.44. The van der Waals surface area contributed by atoms with Crippen molar-refractivity contribution in [3.63, 3.8) is 0 Å². The third-order valence-electron chi connectivity index (χ3n) is 5.90. The van der Waals surface area contributed by atoms with Gasteiger partial charge < -0.3 is 9.80 Å². The number of nitrogens with zero attached hydrogens (tertiary/aromatic N) is 4. The Bertz CT molecular complexity index is 801. The molecule has 4 rings (SSSR count). The second kappa shape index (κ2) is 8.59. The summed E-state index contributed by atoms with van der Waals surface area (Å²) in [5.41, 5.74) is 1.53. The van der Waals surface area contributed by atoms with Crippen molar-refractivity contribution in [2.75, 3.05) is 26.2 Å². The topological polar surface area (TPSA) is 58.4 Å². The van der Waals surface area contributed by atoms with Crippen LogP contribution >= 0.6 is 0 Å². The summed E-state index contributed by atoms with van der Waals surface area (Å²) in [6.07, 6.45) is 9.63. The van der Waals surface area contributed by atoms with E-state index in [1.54, 1.807) is 17.1 Å². The maximum atomic E-state index is 12.8. The minimum Gasteiger partial charge on any atom is -0.342 e. The molecule has 0 spiro atoms. The Morgan fingerprint density at radius 2 is 1.54 bits per heavy atom. The molecule has 0 bridgehead atoms. The summed E-state index contributed by atoms with van der Waals surface area (Å²) in [6.45, 7) is 3.08. The van der Waals surface area contributed by atoms with Crippen LogP contribution in [0.1, 0.15) is 48.9 Å².